The highest BCUT2D eigenvalue weighted by molar-refractivity contribution is 6.30. The van der Waals surface area contributed by atoms with Gasteiger partial charge in [-0.2, -0.15) is 8.78 Å². The summed E-state index contributed by atoms with van der Waals surface area (Å²) in [7, 11) is 0. The molecule has 3 aromatic heterocycles. The van der Waals surface area contributed by atoms with Crippen molar-refractivity contribution in [2.24, 2.45) is 5.92 Å². The largest absolute Gasteiger partial charge is 0.481 e. The van der Waals surface area contributed by atoms with Gasteiger partial charge < -0.3 is 34.5 Å². The van der Waals surface area contributed by atoms with Crippen molar-refractivity contribution >= 4 is 57.3 Å². The molecule has 2 aliphatic rings. The number of aliphatic carboxylic acids is 1. The minimum absolute atomic E-state index is 0.0243. The molecule has 2 aliphatic heterocycles. The number of furan rings is 1. The number of piperidine rings is 1. The lowest BCUT2D eigenvalue weighted by molar-refractivity contribution is -0.156. The average molecular weight is 761 g/mol. The highest BCUT2D eigenvalue weighted by atomic mass is 35.5. The number of pyridine rings is 1. The van der Waals surface area contributed by atoms with Crippen LogP contribution in [0.4, 0.5) is 19.0 Å². The van der Waals surface area contributed by atoms with E-state index in [1.54, 1.807) is 52.0 Å². The lowest BCUT2D eigenvalue weighted by Gasteiger charge is -2.37. The number of carbonyl (C=O) groups is 3. The fourth-order valence-corrected chi connectivity index (χ4v) is 6.81. The molecule has 0 spiro atoms. The molecule has 2 saturated heterocycles. The standard InChI is InChI=1S/C36H40ClF3N6O7/c1-19-16-41-13-11-35(19,38)23-14-20(37)17-43-30(23)51-21-15-24(31(49)53-34(2,3)4)46(18-21)29-28-27(22-8-5-6-9-25(22)52-28)44-32(45-29)36(39,40)33(50)42-12-7-10-26(47)48/h5-6,8-9,14,17,19,21,24,41H,7,10-13,15-16,18H2,1-4H3,(H,42,50)(H,47,48)/t19-,21-,24-,35+/m0/s1. The molecule has 1 aromatic carbocycles. The Morgan fingerprint density at radius 1 is 1.21 bits per heavy atom. The Morgan fingerprint density at radius 2 is 1.96 bits per heavy atom. The van der Waals surface area contributed by atoms with Gasteiger partial charge in [0.25, 0.3) is 5.91 Å². The number of hydrogen-bond acceptors (Lipinski definition) is 11. The number of benzene rings is 1. The fraction of sp³-hybridized carbons (Fsp3) is 0.500. The Labute approximate surface area is 307 Å². The molecule has 0 bridgehead atoms. The van der Waals surface area contributed by atoms with Crippen LogP contribution in [-0.4, -0.2) is 81.8 Å². The van der Waals surface area contributed by atoms with Crippen LogP contribution in [0.2, 0.25) is 5.02 Å². The van der Waals surface area contributed by atoms with Gasteiger partial charge >= 0.3 is 17.9 Å². The molecule has 2 fully saturated rings. The van der Waals surface area contributed by atoms with Gasteiger partial charge in [0.15, 0.2) is 11.4 Å². The number of hydrogen-bond donors (Lipinski definition) is 3. The Kier molecular flexibility index (Phi) is 10.5. The topological polar surface area (TPSA) is 169 Å². The van der Waals surface area contributed by atoms with Crippen LogP contribution in [0, 0.1) is 5.92 Å². The summed E-state index contributed by atoms with van der Waals surface area (Å²) in [5, 5.41) is 14.7. The Balaban J connectivity index is 1.42. The van der Waals surface area contributed by atoms with E-state index in [9.17, 15) is 14.4 Å². The summed E-state index contributed by atoms with van der Waals surface area (Å²) < 4.78 is 66.8. The number of nitrogens with one attached hydrogen (secondary N) is 2. The molecule has 0 unspecified atom stereocenters. The summed E-state index contributed by atoms with van der Waals surface area (Å²) in [5.74, 6) is -9.75. The number of rotatable bonds is 11. The summed E-state index contributed by atoms with van der Waals surface area (Å²) in [6.07, 6.45) is 0.146. The number of alkyl halides is 3. The molecule has 0 aliphatic carbocycles. The van der Waals surface area contributed by atoms with Gasteiger partial charge in [-0.25, -0.2) is 24.1 Å². The molecular formula is C36H40ClF3N6O7. The quantitative estimate of drug-likeness (QED) is 0.127. The predicted octanol–water partition coefficient (Wildman–Crippen LogP) is 5.66. The van der Waals surface area contributed by atoms with E-state index in [1.807, 2.05) is 0 Å². The van der Waals surface area contributed by atoms with Crippen LogP contribution in [0.3, 0.4) is 0 Å². The number of aromatic nitrogens is 3. The van der Waals surface area contributed by atoms with Gasteiger partial charge in [0, 0.05) is 43.4 Å². The Morgan fingerprint density at radius 3 is 2.68 bits per heavy atom. The van der Waals surface area contributed by atoms with Crippen LogP contribution in [0.25, 0.3) is 22.1 Å². The predicted molar refractivity (Wildman–Crippen MR) is 188 cm³/mol. The highest BCUT2D eigenvalue weighted by Gasteiger charge is 2.49. The second-order valence-electron chi connectivity index (χ2n) is 14.4. The number of carbonyl (C=O) groups excluding carboxylic acids is 2. The van der Waals surface area contributed by atoms with E-state index in [4.69, 9.17) is 30.6 Å². The van der Waals surface area contributed by atoms with Gasteiger partial charge in [-0.3, -0.25) is 9.59 Å². The van der Waals surface area contributed by atoms with Gasteiger partial charge in [0.1, 0.15) is 34.5 Å². The van der Waals surface area contributed by atoms with Crippen molar-refractivity contribution in [3.63, 3.8) is 0 Å². The van der Waals surface area contributed by atoms with Crippen molar-refractivity contribution in [3.05, 3.63) is 52.9 Å². The minimum atomic E-state index is -4.29. The molecule has 17 heteroatoms. The van der Waals surface area contributed by atoms with Crippen molar-refractivity contribution in [1.82, 2.24) is 25.6 Å². The number of halogens is 4. The zero-order valence-electron chi connectivity index (χ0n) is 29.6. The van der Waals surface area contributed by atoms with E-state index in [-0.39, 0.29) is 77.7 Å². The minimum Gasteiger partial charge on any atom is -0.481 e. The third-order valence-electron chi connectivity index (χ3n) is 9.28. The first-order chi connectivity index (χ1) is 25.0. The third-order valence-corrected chi connectivity index (χ3v) is 9.48. The zero-order chi connectivity index (χ0) is 38.3. The molecule has 4 atom stereocenters. The van der Waals surface area contributed by atoms with Crippen molar-refractivity contribution in [2.45, 2.75) is 82.7 Å². The van der Waals surface area contributed by atoms with Crippen molar-refractivity contribution < 1.29 is 46.6 Å². The summed E-state index contributed by atoms with van der Waals surface area (Å²) in [6.45, 7) is 7.17. The number of para-hydroxylation sites is 1. The molecule has 0 saturated carbocycles. The van der Waals surface area contributed by atoms with Crippen molar-refractivity contribution in [2.75, 3.05) is 31.1 Å². The third kappa shape index (κ3) is 7.84. The number of amides is 1. The maximum absolute atomic E-state index is 16.7. The van der Waals surface area contributed by atoms with E-state index < -0.39 is 58.9 Å². The first-order valence-corrected chi connectivity index (χ1v) is 17.6. The first-order valence-electron chi connectivity index (χ1n) is 17.3. The fourth-order valence-electron chi connectivity index (χ4n) is 6.65. The number of fused-ring (bicyclic) bond motifs is 3. The second kappa shape index (κ2) is 14.6. The summed E-state index contributed by atoms with van der Waals surface area (Å²) in [6, 6.07) is 6.87. The molecular weight excluding hydrogens is 721 g/mol. The number of esters is 1. The SMILES string of the molecule is C[C@H]1CNCC[C@]1(F)c1cc(Cl)cnc1O[C@H]1C[C@@H](C(=O)OC(C)(C)C)N(c2nc(C(F)(F)C(=O)NCCCC(=O)O)nc3c2oc2ccccc23)C1. The summed E-state index contributed by atoms with van der Waals surface area (Å²) in [4.78, 5) is 51.6. The molecule has 284 valence electrons. The van der Waals surface area contributed by atoms with Crippen LogP contribution in [0.15, 0.2) is 40.9 Å². The summed E-state index contributed by atoms with van der Waals surface area (Å²) >= 11 is 6.29. The number of carboxylic acids is 1. The number of nitrogens with zero attached hydrogens (tertiary/aromatic N) is 4. The highest BCUT2D eigenvalue weighted by Crippen LogP contribution is 2.45. The molecule has 3 N–H and O–H groups in total. The van der Waals surface area contributed by atoms with E-state index >= 15 is 13.2 Å². The van der Waals surface area contributed by atoms with E-state index in [1.165, 1.54) is 17.2 Å². The van der Waals surface area contributed by atoms with Gasteiger partial charge in [-0.1, -0.05) is 30.7 Å². The van der Waals surface area contributed by atoms with Gasteiger partial charge in [-0.05, 0) is 58.4 Å². The normalized spacial score (nSPS) is 22.3. The second-order valence-corrected chi connectivity index (χ2v) is 14.8. The van der Waals surface area contributed by atoms with E-state index in [2.05, 4.69) is 25.6 Å². The van der Waals surface area contributed by atoms with Crippen molar-refractivity contribution in [3.8, 4) is 5.88 Å². The zero-order valence-corrected chi connectivity index (χ0v) is 30.3. The molecule has 5 heterocycles. The van der Waals surface area contributed by atoms with Crippen LogP contribution in [0.1, 0.15) is 64.8 Å². The maximum atomic E-state index is 16.7. The molecule has 4 aromatic rings. The summed E-state index contributed by atoms with van der Waals surface area (Å²) in [5.41, 5.74) is -2.38. The molecule has 53 heavy (non-hydrogen) atoms. The number of anilines is 1. The lowest BCUT2D eigenvalue weighted by Crippen LogP contribution is -2.44. The van der Waals surface area contributed by atoms with E-state index in [0.717, 1.165) is 0 Å². The van der Waals surface area contributed by atoms with Gasteiger partial charge in [-0.15, -0.1) is 0 Å². The molecule has 6 rings (SSSR count). The first kappa shape index (κ1) is 38.0. The average Bonchev–Trinajstić information content (AvgIpc) is 3.69. The number of carboxylic acid groups (broad SMARTS) is 1. The lowest BCUT2D eigenvalue weighted by atomic mass is 9.79. The van der Waals surface area contributed by atoms with Gasteiger partial charge in [0.2, 0.25) is 11.7 Å². The van der Waals surface area contributed by atoms with Crippen LogP contribution in [-0.2, 0) is 30.7 Å². The number of ether oxygens (including phenoxy) is 2. The molecule has 1 amide bonds. The Bertz CT molecular complexity index is 2040. The van der Waals surface area contributed by atoms with Crippen LogP contribution >= 0.6 is 11.6 Å². The maximum Gasteiger partial charge on any atom is 0.382 e. The molecule has 0 radical (unpaired) electrons. The van der Waals surface area contributed by atoms with Crippen LogP contribution < -0.4 is 20.3 Å². The monoisotopic (exact) mass is 760 g/mol. The van der Waals surface area contributed by atoms with Gasteiger partial charge in [0.05, 0.1) is 17.1 Å². The Hall–Kier alpha value is -4.70. The van der Waals surface area contributed by atoms with E-state index in [0.29, 0.717) is 18.5 Å². The van der Waals surface area contributed by atoms with Crippen LogP contribution in [0.5, 0.6) is 5.88 Å². The smallest absolute Gasteiger partial charge is 0.382 e. The van der Waals surface area contributed by atoms with Crippen molar-refractivity contribution in [1.29, 1.82) is 0 Å². The molecule has 13 nitrogen and oxygen atoms in total.